The number of hydrogen-bond acceptors (Lipinski definition) is 9. The third-order valence-electron chi connectivity index (χ3n) is 11.3. The number of aryl methyl sites for hydroxylation is 1. The fourth-order valence-electron chi connectivity index (χ4n) is 9.04. The zero-order valence-corrected chi connectivity index (χ0v) is 28.3. The number of rotatable bonds is 7. The lowest BCUT2D eigenvalue weighted by Crippen LogP contribution is -2.53. The number of nitrogens with one attached hydrogen (secondary N) is 1. The minimum absolute atomic E-state index is 0.0675. The van der Waals surface area contributed by atoms with Gasteiger partial charge in [-0.05, 0) is 67.6 Å². The van der Waals surface area contributed by atoms with Gasteiger partial charge in [-0.3, -0.25) is 39.6 Å². The summed E-state index contributed by atoms with van der Waals surface area (Å²) < 4.78 is 5.82. The molecular formula is C40H34N4O8. The Kier molecular flexibility index (Phi) is 7.70. The molecule has 262 valence electrons. The predicted octanol–water partition coefficient (Wildman–Crippen LogP) is 5.81. The molecule has 12 nitrogen and oxygen atoms in total. The van der Waals surface area contributed by atoms with Crippen LogP contribution < -0.4 is 15.1 Å². The molecule has 6 unspecified atom stereocenters. The number of hydrazine groups is 1. The van der Waals surface area contributed by atoms with Crippen molar-refractivity contribution in [1.29, 1.82) is 0 Å². The number of amides is 4. The molecule has 3 fully saturated rings. The Labute approximate surface area is 298 Å². The molecule has 0 radical (unpaired) electrons. The third-order valence-corrected chi connectivity index (χ3v) is 11.3. The maximum absolute atomic E-state index is 15.3. The highest BCUT2D eigenvalue weighted by molar-refractivity contribution is 6.22. The fourth-order valence-corrected chi connectivity index (χ4v) is 9.04. The molecule has 6 atom stereocenters. The molecule has 2 aliphatic carbocycles. The van der Waals surface area contributed by atoms with Crippen molar-refractivity contribution in [3.05, 3.63) is 136 Å². The van der Waals surface area contributed by atoms with E-state index < -0.39 is 63.6 Å². The molecule has 4 aromatic rings. The van der Waals surface area contributed by atoms with Crippen molar-refractivity contribution in [2.75, 3.05) is 17.4 Å². The van der Waals surface area contributed by atoms with Crippen LogP contribution in [0.5, 0.6) is 11.5 Å². The normalized spacial score (nSPS) is 26.4. The number of nitro benzene ring substituents is 1. The van der Waals surface area contributed by atoms with E-state index in [-0.39, 0.29) is 30.0 Å². The van der Waals surface area contributed by atoms with Crippen LogP contribution >= 0.6 is 0 Å². The summed E-state index contributed by atoms with van der Waals surface area (Å²) in [6, 6.07) is 26.4. The zero-order chi connectivity index (χ0) is 36.5. The van der Waals surface area contributed by atoms with E-state index in [0.29, 0.717) is 28.1 Å². The molecule has 52 heavy (non-hydrogen) atoms. The second-order valence-electron chi connectivity index (χ2n) is 13.8. The molecule has 4 amide bonds. The van der Waals surface area contributed by atoms with Gasteiger partial charge < -0.3 is 9.84 Å². The number of phenolic OH excluding ortho intramolecular Hbond substituents is 1. The molecule has 2 aliphatic heterocycles. The number of carbonyl (C=O) groups excluding carboxylic acids is 4. The molecule has 4 aromatic carbocycles. The van der Waals surface area contributed by atoms with Gasteiger partial charge in [-0.2, -0.15) is 5.01 Å². The Morgan fingerprint density at radius 2 is 1.58 bits per heavy atom. The van der Waals surface area contributed by atoms with E-state index in [1.54, 1.807) is 48.5 Å². The number of non-ortho nitro benzene ring substituents is 1. The van der Waals surface area contributed by atoms with Gasteiger partial charge >= 0.3 is 0 Å². The number of methoxy groups -OCH3 is 1. The van der Waals surface area contributed by atoms with Crippen molar-refractivity contribution in [2.24, 2.45) is 23.7 Å². The van der Waals surface area contributed by atoms with Crippen LogP contribution in [0.4, 0.5) is 17.1 Å². The second-order valence-corrected chi connectivity index (χ2v) is 13.8. The molecule has 0 bridgehead atoms. The number of nitro groups is 1. The summed E-state index contributed by atoms with van der Waals surface area (Å²) >= 11 is 0. The Bertz CT molecular complexity index is 2190. The van der Waals surface area contributed by atoms with Gasteiger partial charge in [0.15, 0.2) is 0 Å². The van der Waals surface area contributed by atoms with E-state index in [4.69, 9.17) is 4.74 Å². The number of benzene rings is 4. The van der Waals surface area contributed by atoms with Crippen molar-refractivity contribution < 1.29 is 33.9 Å². The molecule has 2 heterocycles. The summed E-state index contributed by atoms with van der Waals surface area (Å²) in [5, 5.41) is 24.0. The molecule has 2 N–H and O–H groups in total. The van der Waals surface area contributed by atoms with Crippen LogP contribution in [0.2, 0.25) is 0 Å². The van der Waals surface area contributed by atoms with Crippen LogP contribution in [0, 0.1) is 40.7 Å². The Morgan fingerprint density at radius 1 is 0.865 bits per heavy atom. The number of phenols is 1. The number of nitrogens with zero attached hydrogens (tertiary/aromatic N) is 3. The third kappa shape index (κ3) is 4.66. The van der Waals surface area contributed by atoms with Gasteiger partial charge in [0.25, 0.3) is 17.5 Å². The van der Waals surface area contributed by atoms with Gasteiger partial charge in [-0.1, -0.05) is 65.7 Å². The maximum atomic E-state index is 15.3. The maximum Gasteiger partial charge on any atom is 0.269 e. The molecule has 1 saturated carbocycles. The minimum atomic E-state index is -1.58. The summed E-state index contributed by atoms with van der Waals surface area (Å²) in [5.41, 5.74) is 4.55. The van der Waals surface area contributed by atoms with Gasteiger partial charge in [-0.15, -0.1) is 0 Å². The smallest absolute Gasteiger partial charge is 0.269 e. The Balaban J connectivity index is 1.32. The first-order valence-corrected chi connectivity index (χ1v) is 17.0. The van der Waals surface area contributed by atoms with Gasteiger partial charge in [0.05, 0.1) is 46.6 Å². The molecular weight excluding hydrogens is 664 g/mol. The van der Waals surface area contributed by atoms with Crippen molar-refractivity contribution >= 4 is 40.7 Å². The summed E-state index contributed by atoms with van der Waals surface area (Å²) in [6.07, 6.45) is 2.12. The standard InChI is InChI=1S/C40H34N4O8/c1-22-11-13-24(14-12-22)41-43-37(47)30-21-29-27(19-20-28-33(29)38(48)42(36(28)46)25-15-17-26(18-16-25)44(50)51)35(34-31(45)9-6-10-32(34)52-2)40(30,39(43)49)23-7-4-3-5-8-23/h3-19,28-30,33,35,41,45H,20-21H2,1-2H3. The van der Waals surface area contributed by atoms with Crippen molar-refractivity contribution in [1.82, 2.24) is 5.01 Å². The lowest BCUT2D eigenvalue weighted by atomic mass is 9.49. The average Bonchev–Trinajstić information content (AvgIpc) is 3.53. The predicted molar refractivity (Wildman–Crippen MR) is 189 cm³/mol. The van der Waals surface area contributed by atoms with E-state index in [9.17, 15) is 29.6 Å². The van der Waals surface area contributed by atoms with Crippen LogP contribution in [-0.4, -0.2) is 45.8 Å². The number of fused-ring (bicyclic) bond motifs is 4. The number of allylic oxidation sites excluding steroid dienone is 2. The largest absolute Gasteiger partial charge is 0.508 e. The second kappa shape index (κ2) is 12.2. The lowest BCUT2D eigenvalue weighted by molar-refractivity contribution is -0.384. The molecule has 4 aliphatic rings. The number of anilines is 2. The molecule has 0 aromatic heterocycles. The Hall–Kier alpha value is -6.30. The lowest BCUT2D eigenvalue weighted by Gasteiger charge is -2.50. The first-order chi connectivity index (χ1) is 25.1. The quantitative estimate of drug-likeness (QED) is 0.105. The highest BCUT2D eigenvalue weighted by atomic mass is 16.6. The SMILES string of the molecule is COc1cccc(O)c1C1C2=CCC3C(=O)N(c4ccc([N+](=O)[O-])cc4)C(=O)C3C2CC2C(=O)N(Nc3ccc(C)cc3)C(=O)C21c1ccccc1. The van der Waals surface area contributed by atoms with E-state index in [1.165, 1.54) is 37.4 Å². The number of hydrogen-bond donors (Lipinski definition) is 2. The van der Waals surface area contributed by atoms with Crippen molar-refractivity contribution in [2.45, 2.75) is 31.1 Å². The number of ether oxygens (including phenoxy) is 1. The molecule has 2 saturated heterocycles. The van der Waals surface area contributed by atoms with Gasteiger partial charge in [0, 0.05) is 23.6 Å². The summed E-state index contributed by atoms with van der Waals surface area (Å²) in [6.45, 7) is 1.93. The molecule has 0 spiro atoms. The van der Waals surface area contributed by atoms with Crippen LogP contribution in [0.15, 0.2) is 109 Å². The van der Waals surface area contributed by atoms with Gasteiger partial charge in [0.1, 0.15) is 11.5 Å². The minimum Gasteiger partial charge on any atom is -0.508 e. The topological polar surface area (TPSA) is 159 Å². The zero-order valence-electron chi connectivity index (χ0n) is 28.3. The van der Waals surface area contributed by atoms with Crippen LogP contribution in [0.1, 0.15) is 35.4 Å². The van der Waals surface area contributed by atoms with Gasteiger partial charge in [0.2, 0.25) is 11.8 Å². The van der Waals surface area contributed by atoms with Crippen molar-refractivity contribution in [3.8, 4) is 11.5 Å². The highest BCUT2D eigenvalue weighted by Crippen LogP contribution is 2.66. The summed E-state index contributed by atoms with van der Waals surface area (Å²) in [4.78, 5) is 70.4. The van der Waals surface area contributed by atoms with Crippen molar-refractivity contribution in [3.63, 3.8) is 0 Å². The van der Waals surface area contributed by atoms with Gasteiger partial charge in [-0.25, -0.2) is 0 Å². The number of imide groups is 2. The molecule has 8 rings (SSSR count). The van der Waals surface area contributed by atoms with Crippen LogP contribution in [0.3, 0.4) is 0 Å². The fraction of sp³-hybridized carbons (Fsp3) is 0.250. The van der Waals surface area contributed by atoms with E-state index in [2.05, 4.69) is 5.43 Å². The summed E-state index contributed by atoms with van der Waals surface area (Å²) in [7, 11) is 1.46. The highest BCUT2D eigenvalue weighted by Gasteiger charge is 2.71. The number of carbonyl (C=O) groups is 4. The number of aromatic hydroxyl groups is 1. The van der Waals surface area contributed by atoms with Crippen LogP contribution in [-0.2, 0) is 24.6 Å². The first-order valence-electron chi connectivity index (χ1n) is 17.0. The van der Waals surface area contributed by atoms with Crippen LogP contribution in [0.25, 0.3) is 0 Å². The van der Waals surface area contributed by atoms with E-state index in [1.807, 2.05) is 31.2 Å². The average molecular weight is 699 g/mol. The first kappa shape index (κ1) is 32.9. The Morgan fingerprint density at radius 3 is 2.25 bits per heavy atom. The van der Waals surface area contributed by atoms with E-state index in [0.717, 1.165) is 15.5 Å². The van der Waals surface area contributed by atoms with E-state index >= 15 is 4.79 Å². The molecule has 12 heteroatoms. The monoisotopic (exact) mass is 698 g/mol. The summed E-state index contributed by atoms with van der Waals surface area (Å²) in [5.74, 6) is -6.12.